The lowest BCUT2D eigenvalue weighted by Gasteiger charge is -2.08. The Labute approximate surface area is 103 Å². The van der Waals surface area contributed by atoms with E-state index >= 15 is 0 Å². The van der Waals surface area contributed by atoms with Gasteiger partial charge in [0.25, 0.3) is 0 Å². The number of hydrogen-bond acceptors (Lipinski definition) is 3. The molecule has 0 spiro atoms. The van der Waals surface area contributed by atoms with Crippen LogP contribution >= 0.6 is 0 Å². The van der Waals surface area contributed by atoms with Crippen molar-refractivity contribution in [2.75, 3.05) is 0 Å². The van der Waals surface area contributed by atoms with E-state index in [2.05, 4.69) is 10.2 Å². The van der Waals surface area contributed by atoms with Gasteiger partial charge in [0.2, 0.25) is 0 Å². The van der Waals surface area contributed by atoms with Crippen LogP contribution in [0.2, 0.25) is 0 Å². The Bertz CT molecular complexity index is 551. The average Bonchev–Trinajstić information content (AvgIpc) is 2.76. The molecule has 1 heterocycles. The van der Waals surface area contributed by atoms with Gasteiger partial charge in [-0.3, -0.25) is 0 Å². The van der Waals surface area contributed by atoms with Crippen molar-refractivity contribution in [1.29, 1.82) is 0 Å². The van der Waals surface area contributed by atoms with Gasteiger partial charge in [0.15, 0.2) is 17.5 Å². The molecule has 0 aliphatic carbocycles. The van der Waals surface area contributed by atoms with Crippen LogP contribution in [0.1, 0.15) is 19.2 Å². The van der Waals surface area contributed by atoms with Gasteiger partial charge in [0.05, 0.1) is 6.54 Å². The van der Waals surface area contributed by atoms with Crippen molar-refractivity contribution in [2.24, 2.45) is 5.73 Å². The number of aromatic nitrogens is 3. The smallest absolute Gasteiger partial charge is 0.164 e. The molecule has 0 aliphatic rings. The molecular formula is C12H14F2N4. The van der Waals surface area contributed by atoms with Crippen molar-refractivity contribution in [2.45, 2.75) is 26.4 Å². The number of nitrogens with two attached hydrogens (primary N) is 1. The van der Waals surface area contributed by atoms with Crippen LogP contribution in [0, 0.1) is 11.6 Å². The minimum Gasteiger partial charge on any atom is -0.324 e. The summed E-state index contributed by atoms with van der Waals surface area (Å²) < 4.78 is 27.9. The van der Waals surface area contributed by atoms with Crippen molar-refractivity contribution in [3.63, 3.8) is 0 Å². The summed E-state index contributed by atoms with van der Waals surface area (Å²) in [6.07, 6.45) is 0.877. The van der Waals surface area contributed by atoms with E-state index in [4.69, 9.17) is 5.73 Å². The van der Waals surface area contributed by atoms with Crippen LogP contribution in [-0.4, -0.2) is 14.8 Å². The maximum Gasteiger partial charge on any atom is 0.164 e. The zero-order valence-electron chi connectivity index (χ0n) is 10.0. The minimum atomic E-state index is -0.896. The summed E-state index contributed by atoms with van der Waals surface area (Å²) in [4.78, 5) is 0. The second kappa shape index (κ2) is 5.22. The Balaban J connectivity index is 2.49. The highest BCUT2D eigenvalue weighted by atomic mass is 19.2. The summed E-state index contributed by atoms with van der Waals surface area (Å²) in [6.45, 7) is 2.96. The summed E-state index contributed by atoms with van der Waals surface area (Å²) in [5.74, 6) is -0.625. The maximum atomic E-state index is 13.2. The highest BCUT2D eigenvalue weighted by Gasteiger charge is 2.13. The molecule has 0 atom stereocenters. The third kappa shape index (κ3) is 2.24. The number of rotatable bonds is 4. The molecule has 0 fully saturated rings. The number of hydrogen-bond donors (Lipinski definition) is 1. The van der Waals surface area contributed by atoms with Crippen LogP contribution in [0.15, 0.2) is 18.2 Å². The molecule has 1 aromatic carbocycles. The highest BCUT2D eigenvalue weighted by Crippen LogP contribution is 2.21. The second-order valence-electron chi connectivity index (χ2n) is 3.92. The minimum absolute atomic E-state index is 0.261. The van der Waals surface area contributed by atoms with Crippen molar-refractivity contribution in [3.05, 3.63) is 35.7 Å². The molecule has 2 N–H and O–H groups in total. The first-order valence-electron chi connectivity index (χ1n) is 5.75. The van der Waals surface area contributed by atoms with E-state index in [1.54, 1.807) is 0 Å². The summed E-state index contributed by atoms with van der Waals surface area (Å²) in [5, 5.41) is 7.94. The van der Waals surface area contributed by atoms with E-state index in [-0.39, 0.29) is 6.54 Å². The zero-order chi connectivity index (χ0) is 13.1. The molecule has 0 saturated heterocycles. The summed E-state index contributed by atoms with van der Waals surface area (Å²) in [5.41, 5.74) is 6.06. The van der Waals surface area contributed by atoms with Gasteiger partial charge in [0, 0.05) is 12.1 Å². The summed E-state index contributed by atoms with van der Waals surface area (Å²) in [6, 6.07) is 3.68. The highest BCUT2D eigenvalue weighted by molar-refractivity contribution is 5.55. The topological polar surface area (TPSA) is 56.7 Å². The number of benzene rings is 1. The molecule has 6 heteroatoms. The molecule has 0 unspecified atom stereocenters. The molecule has 0 bridgehead atoms. The molecule has 0 amide bonds. The van der Waals surface area contributed by atoms with Gasteiger partial charge in [0.1, 0.15) is 5.82 Å². The predicted octanol–water partition coefficient (Wildman–Crippen LogP) is 2.09. The van der Waals surface area contributed by atoms with E-state index in [1.165, 1.54) is 6.07 Å². The fourth-order valence-corrected chi connectivity index (χ4v) is 1.79. The number of halogens is 2. The Hall–Kier alpha value is -1.82. The largest absolute Gasteiger partial charge is 0.324 e. The standard InChI is InChI=1S/C12H14F2N4/c1-2-5-18-11(7-15)16-17-12(18)8-3-4-9(13)10(14)6-8/h3-4,6H,2,5,7,15H2,1H3. The normalized spacial score (nSPS) is 10.9. The fraction of sp³-hybridized carbons (Fsp3) is 0.333. The van der Waals surface area contributed by atoms with Crippen molar-refractivity contribution in [3.8, 4) is 11.4 Å². The molecule has 1 aromatic heterocycles. The van der Waals surface area contributed by atoms with Gasteiger partial charge in [-0.1, -0.05) is 6.92 Å². The molecule has 96 valence electrons. The van der Waals surface area contributed by atoms with E-state index in [1.807, 2.05) is 11.5 Å². The van der Waals surface area contributed by atoms with Crippen LogP contribution in [0.5, 0.6) is 0 Å². The number of nitrogens with zero attached hydrogens (tertiary/aromatic N) is 3. The van der Waals surface area contributed by atoms with Crippen molar-refractivity contribution < 1.29 is 8.78 Å². The lowest BCUT2D eigenvalue weighted by atomic mass is 10.2. The Morgan fingerprint density at radius 3 is 2.61 bits per heavy atom. The van der Waals surface area contributed by atoms with Crippen molar-refractivity contribution in [1.82, 2.24) is 14.8 Å². The average molecular weight is 252 g/mol. The van der Waals surface area contributed by atoms with Gasteiger partial charge >= 0.3 is 0 Å². The quantitative estimate of drug-likeness (QED) is 0.906. The Morgan fingerprint density at radius 1 is 1.22 bits per heavy atom. The van der Waals surface area contributed by atoms with Crippen LogP contribution in [0.3, 0.4) is 0 Å². The molecular weight excluding hydrogens is 238 g/mol. The van der Waals surface area contributed by atoms with Gasteiger partial charge in [-0.15, -0.1) is 10.2 Å². The van der Waals surface area contributed by atoms with Crippen molar-refractivity contribution >= 4 is 0 Å². The first-order chi connectivity index (χ1) is 8.67. The predicted molar refractivity (Wildman–Crippen MR) is 63.6 cm³/mol. The molecule has 18 heavy (non-hydrogen) atoms. The zero-order valence-corrected chi connectivity index (χ0v) is 10.0. The van der Waals surface area contributed by atoms with E-state index < -0.39 is 11.6 Å². The van der Waals surface area contributed by atoms with Gasteiger partial charge in [-0.25, -0.2) is 8.78 Å². The third-order valence-electron chi connectivity index (χ3n) is 2.63. The molecule has 0 radical (unpaired) electrons. The first kappa shape index (κ1) is 12.6. The van der Waals surface area contributed by atoms with Gasteiger partial charge in [-0.05, 0) is 24.6 Å². The molecule has 2 aromatic rings. The molecule has 0 aliphatic heterocycles. The van der Waals surface area contributed by atoms with Crippen LogP contribution in [0.25, 0.3) is 11.4 Å². The Morgan fingerprint density at radius 2 is 2.00 bits per heavy atom. The van der Waals surface area contributed by atoms with E-state index in [0.29, 0.717) is 23.8 Å². The van der Waals surface area contributed by atoms with Gasteiger partial charge in [-0.2, -0.15) is 0 Å². The van der Waals surface area contributed by atoms with Crippen LogP contribution in [-0.2, 0) is 13.1 Å². The SMILES string of the molecule is CCCn1c(CN)nnc1-c1ccc(F)c(F)c1. The summed E-state index contributed by atoms with van der Waals surface area (Å²) >= 11 is 0. The second-order valence-corrected chi connectivity index (χ2v) is 3.92. The first-order valence-corrected chi connectivity index (χ1v) is 5.75. The third-order valence-corrected chi connectivity index (χ3v) is 2.63. The van der Waals surface area contributed by atoms with E-state index in [9.17, 15) is 8.78 Å². The van der Waals surface area contributed by atoms with E-state index in [0.717, 1.165) is 18.6 Å². The lowest BCUT2D eigenvalue weighted by Crippen LogP contribution is -2.09. The van der Waals surface area contributed by atoms with Gasteiger partial charge < -0.3 is 10.3 Å². The lowest BCUT2D eigenvalue weighted by molar-refractivity contribution is 0.509. The van der Waals surface area contributed by atoms with Crippen LogP contribution in [0.4, 0.5) is 8.78 Å². The fourth-order valence-electron chi connectivity index (χ4n) is 1.79. The summed E-state index contributed by atoms with van der Waals surface area (Å²) in [7, 11) is 0. The monoisotopic (exact) mass is 252 g/mol. The Kier molecular flexibility index (Phi) is 3.66. The maximum absolute atomic E-state index is 13.2. The molecule has 4 nitrogen and oxygen atoms in total. The van der Waals surface area contributed by atoms with Crippen LogP contribution < -0.4 is 5.73 Å². The molecule has 0 saturated carbocycles. The molecule has 2 rings (SSSR count).